The summed E-state index contributed by atoms with van der Waals surface area (Å²) < 4.78 is 40.4. The Morgan fingerprint density at radius 3 is 2.48 bits per heavy atom. The van der Waals surface area contributed by atoms with Crippen molar-refractivity contribution in [2.75, 3.05) is 5.32 Å². The van der Waals surface area contributed by atoms with E-state index in [0.29, 0.717) is 16.9 Å². The van der Waals surface area contributed by atoms with E-state index in [1.54, 1.807) is 24.3 Å². The monoisotopic (exact) mass is 373 g/mol. The molecule has 0 aliphatic heterocycles. The Morgan fingerprint density at radius 1 is 1.04 bits per heavy atom. The van der Waals surface area contributed by atoms with Gasteiger partial charge in [0, 0.05) is 24.4 Å². The number of aryl methyl sites for hydroxylation is 1. The number of aromatic nitrogens is 2. The highest BCUT2D eigenvalue weighted by atomic mass is 19.4. The van der Waals surface area contributed by atoms with Gasteiger partial charge in [-0.2, -0.15) is 18.3 Å². The van der Waals surface area contributed by atoms with Crippen LogP contribution in [-0.2, 0) is 13.2 Å². The molecule has 0 saturated heterocycles. The lowest BCUT2D eigenvalue weighted by molar-refractivity contribution is -0.137. The fourth-order valence-corrected chi connectivity index (χ4v) is 2.54. The topological polar surface area (TPSA) is 64.0 Å². The minimum absolute atomic E-state index is 0.271. The zero-order valence-corrected chi connectivity index (χ0v) is 14.1. The molecule has 0 aliphatic rings. The second-order valence-electron chi connectivity index (χ2n) is 5.76. The van der Waals surface area contributed by atoms with E-state index < -0.39 is 23.2 Å². The second kappa shape index (κ2) is 7.06. The number of hydrogen-bond acceptors (Lipinski definition) is 3. The molecule has 3 rings (SSSR count). The first-order chi connectivity index (χ1) is 12.8. The van der Waals surface area contributed by atoms with Gasteiger partial charge >= 0.3 is 6.18 Å². The van der Waals surface area contributed by atoms with Crippen molar-refractivity contribution in [1.29, 1.82) is 0 Å². The summed E-state index contributed by atoms with van der Waals surface area (Å²) in [5.41, 5.74) is -0.331. The van der Waals surface area contributed by atoms with Crippen LogP contribution in [-0.4, -0.2) is 15.7 Å². The van der Waals surface area contributed by atoms with Crippen LogP contribution >= 0.6 is 0 Å². The number of nitrogens with one attached hydrogen (secondary N) is 1. The Bertz CT molecular complexity index is 1060. The van der Waals surface area contributed by atoms with Gasteiger partial charge in [-0.15, -0.1) is 0 Å². The van der Waals surface area contributed by atoms with Crippen molar-refractivity contribution in [3.8, 4) is 11.3 Å². The van der Waals surface area contributed by atoms with Gasteiger partial charge in [0.15, 0.2) is 0 Å². The molecular formula is C19H14F3N3O2. The van der Waals surface area contributed by atoms with Crippen LogP contribution < -0.4 is 10.9 Å². The molecule has 138 valence electrons. The number of benzene rings is 2. The highest BCUT2D eigenvalue weighted by Crippen LogP contribution is 2.32. The van der Waals surface area contributed by atoms with Crippen LogP contribution in [0.3, 0.4) is 0 Å². The lowest BCUT2D eigenvalue weighted by Crippen LogP contribution is -2.19. The van der Waals surface area contributed by atoms with Gasteiger partial charge in [-0.25, -0.2) is 4.68 Å². The van der Waals surface area contributed by atoms with E-state index in [1.807, 2.05) is 0 Å². The summed E-state index contributed by atoms with van der Waals surface area (Å²) in [6.45, 7) is 0. The molecule has 0 unspecified atom stereocenters. The minimum atomic E-state index is -4.63. The second-order valence-corrected chi connectivity index (χ2v) is 5.76. The third-order valence-electron chi connectivity index (χ3n) is 3.85. The third-order valence-corrected chi connectivity index (χ3v) is 3.85. The lowest BCUT2D eigenvalue weighted by atomic mass is 10.1. The van der Waals surface area contributed by atoms with Crippen molar-refractivity contribution >= 4 is 11.6 Å². The predicted molar refractivity (Wildman–Crippen MR) is 94.3 cm³/mol. The van der Waals surface area contributed by atoms with Crippen LogP contribution in [0, 0.1) is 0 Å². The molecule has 2 aromatic carbocycles. The Hall–Kier alpha value is -3.42. The van der Waals surface area contributed by atoms with Crippen LogP contribution in [0.25, 0.3) is 11.3 Å². The number of halogens is 3. The fraction of sp³-hybridized carbons (Fsp3) is 0.105. The van der Waals surface area contributed by atoms with Crippen molar-refractivity contribution in [2.45, 2.75) is 6.18 Å². The fourth-order valence-electron chi connectivity index (χ4n) is 2.54. The standard InChI is InChI=1S/C19H14F3N3O2/c1-25-17(26)10-9-16(24-25)12-5-4-6-13(11-12)23-18(27)14-7-2-3-8-15(14)19(20,21)22/h2-11H,1H3,(H,23,27). The van der Waals surface area contributed by atoms with Gasteiger partial charge in [0.05, 0.1) is 16.8 Å². The van der Waals surface area contributed by atoms with Crippen LogP contribution in [0.5, 0.6) is 0 Å². The number of rotatable bonds is 3. The molecule has 5 nitrogen and oxygen atoms in total. The average Bonchev–Trinajstić information content (AvgIpc) is 2.63. The van der Waals surface area contributed by atoms with Gasteiger partial charge < -0.3 is 5.32 Å². The maximum absolute atomic E-state index is 13.1. The Morgan fingerprint density at radius 2 is 1.78 bits per heavy atom. The maximum atomic E-state index is 13.1. The Balaban J connectivity index is 1.90. The lowest BCUT2D eigenvalue weighted by Gasteiger charge is -2.13. The van der Waals surface area contributed by atoms with Gasteiger partial charge in [0.25, 0.3) is 11.5 Å². The van der Waals surface area contributed by atoms with Crippen LogP contribution in [0.1, 0.15) is 15.9 Å². The van der Waals surface area contributed by atoms with Crippen LogP contribution in [0.15, 0.2) is 65.5 Å². The molecule has 1 N–H and O–H groups in total. The van der Waals surface area contributed by atoms with E-state index >= 15 is 0 Å². The quantitative estimate of drug-likeness (QED) is 0.761. The van der Waals surface area contributed by atoms with E-state index in [1.165, 1.54) is 36.0 Å². The highest BCUT2D eigenvalue weighted by molar-refractivity contribution is 6.05. The number of nitrogens with zero attached hydrogens (tertiary/aromatic N) is 2. The van der Waals surface area contributed by atoms with E-state index in [4.69, 9.17) is 0 Å². The first-order valence-corrected chi connectivity index (χ1v) is 7.88. The predicted octanol–water partition coefficient (Wildman–Crippen LogP) is 3.72. The van der Waals surface area contributed by atoms with Crippen molar-refractivity contribution in [2.24, 2.45) is 7.05 Å². The van der Waals surface area contributed by atoms with Gasteiger partial charge in [-0.1, -0.05) is 24.3 Å². The average molecular weight is 373 g/mol. The minimum Gasteiger partial charge on any atom is -0.322 e. The van der Waals surface area contributed by atoms with Gasteiger partial charge in [-0.3, -0.25) is 9.59 Å². The molecule has 1 heterocycles. The first kappa shape index (κ1) is 18.4. The van der Waals surface area contributed by atoms with Gasteiger partial charge in [0.1, 0.15) is 0 Å². The molecular weight excluding hydrogens is 359 g/mol. The van der Waals surface area contributed by atoms with Crippen molar-refractivity contribution in [3.63, 3.8) is 0 Å². The summed E-state index contributed by atoms with van der Waals surface area (Å²) in [5.74, 6) is -0.867. The van der Waals surface area contributed by atoms with Gasteiger partial charge in [0.2, 0.25) is 0 Å². The number of carbonyl (C=O) groups is 1. The molecule has 27 heavy (non-hydrogen) atoms. The molecule has 0 bridgehead atoms. The maximum Gasteiger partial charge on any atom is 0.417 e. The summed E-state index contributed by atoms with van der Waals surface area (Å²) in [6.07, 6.45) is -4.63. The molecule has 3 aromatic rings. The number of hydrogen-bond donors (Lipinski definition) is 1. The zero-order chi connectivity index (χ0) is 19.6. The van der Waals surface area contributed by atoms with Crippen LogP contribution in [0.4, 0.5) is 18.9 Å². The molecule has 0 radical (unpaired) electrons. The molecule has 1 aromatic heterocycles. The summed E-state index contributed by atoms with van der Waals surface area (Å²) in [7, 11) is 1.51. The number of anilines is 1. The molecule has 0 spiro atoms. The summed E-state index contributed by atoms with van der Waals surface area (Å²) in [4.78, 5) is 23.8. The highest BCUT2D eigenvalue weighted by Gasteiger charge is 2.34. The normalized spacial score (nSPS) is 11.3. The van der Waals surface area contributed by atoms with E-state index in [2.05, 4.69) is 10.4 Å². The molecule has 0 atom stereocenters. The smallest absolute Gasteiger partial charge is 0.322 e. The summed E-state index contributed by atoms with van der Waals surface area (Å²) in [5, 5.41) is 6.58. The number of amides is 1. The van der Waals surface area contributed by atoms with E-state index in [0.717, 1.165) is 12.1 Å². The Labute approximate surface area is 152 Å². The zero-order valence-electron chi connectivity index (χ0n) is 14.1. The van der Waals surface area contributed by atoms with Crippen molar-refractivity contribution < 1.29 is 18.0 Å². The molecule has 0 aliphatic carbocycles. The molecule has 0 fully saturated rings. The first-order valence-electron chi connectivity index (χ1n) is 7.88. The largest absolute Gasteiger partial charge is 0.417 e. The van der Waals surface area contributed by atoms with Crippen molar-refractivity contribution in [1.82, 2.24) is 9.78 Å². The number of alkyl halides is 3. The van der Waals surface area contributed by atoms with Crippen LogP contribution in [0.2, 0.25) is 0 Å². The third kappa shape index (κ3) is 4.05. The molecule has 8 heteroatoms. The van der Waals surface area contributed by atoms with Crippen molar-refractivity contribution in [3.05, 3.63) is 82.1 Å². The van der Waals surface area contributed by atoms with E-state index in [9.17, 15) is 22.8 Å². The summed E-state index contributed by atoms with van der Waals surface area (Å²) >= 11 is 0. The number of carbonyl (C=O) groups excluding carboxylic acids is 1. The molecule has 1 amide bonds. The Kier molecular flexibility index (Phi) is 4.81. The SMILES string of the molecule is Cn1nc(-c2cccc(NC(=O)c3ccccc3C(F)(F)F)c2)ccc1=O. The van der Waals surface area contributed by atoms with Gasteiger partial charge in [-0.05, 0) is 30.3 Å². The molecule has 0 saturated carbocycles. The van der Waals surface area contributed by atoms with E-state index in [-0.39, 0.29) is 5.56 Å². The summed E-state index contributed by atoms with van der Waals surface area (Å²) in [6, 6.07) is 13.9.